The Morgan fingerprint density at radius 2 is 2.00 bits per heavy atom. The Labute approximate surface area is 116 Å². The van der Waals surface area contributed by atoms with Crippen molar-refractivity contribution in [3.63, 3.8) is 0 Å². The van der Waals surface area contributed by atoms with Crippen LogP contribution in [0.5, 0.6) is 0 Å². The van der Waals surface area contributed by atoms with Crippen LogP contribution in [0.4, 0.5) is 4.39 Å². The largest absolute Gasteiger partial charge is 0.314 e. The number of halogens is 1. The van der Waals surface area contributed by atoms with Gasteiger partial charge in [-0.2, -0.15) is 0 Å². The van der Waals surface area contributed by atoms with Crippen molar-refractivity contribution < 1.29 is 4.39 Å². The molecule has 1 heterocycles. The van der Waals surface area contributed by atoms with Crippen molar-refractivity contribution >= 4 is 0 Å². The Balaban J connectivity index is 2.33. The molecule has 2 rings (SSSR count). The zero-order chi connectivity index (χ0) is 13.8. The van der Waals surface area contributed by atoms with Crippen molar-refractivity contribution in [1.29, 1.82) is 0 Å². The molecule has 0 saturated carbocycles. The number of aryl methyl sites for hydroxylation is 1. The van der Waals surface area contributed by atoms with Gasteiger partial charge in [0.2, 0.25) is 0 Å². The van der Waals surface area contributed by atoms with Crippen molar-refractivity contribution in [2.24, 2.45) is 5.92 Å². The van der Waals surface area contributed by atoms with E-state index in [0.717, 1.165) is 38.2 Å². The summed E-state index contributed by atoms with van der Waals surface area (Å²) in [5.74, 6) is 0.419. The summed E-state index contributed by atoms with van der Waals surface area (Å²) in [6, 6.07) is 5.53. The van der Waals surface area contributed by atoms with Gasteiger partial charge in [-0.3, -0.25) is 4.90 Å². The Kier molecular flexibility index (Phi) is 4.94. The zero-order valence-electron chi connectivity index (χ0n) is 12.2. The van der Waals surface area contributed by atoms with E-state index in [0.29, 0.717) is 12.0 Å². The molecule has 0 bridgehead atoms. The first-order chi connectivity index (χ1) is 9.13. The maximum Gasteiger partial charge on any atom is 0.123 e. The lowest BCUT2D eigenvalue weighted by atomic mass is 9.88. The lowest BCUT2D eigenvalue weighted by Gasteiger charge is -2.39. The first-order valence-corrected chi connectivity index (χ1v) is 7.34. The van der Waals surface area contributed by atoms with Gasteiger partial charge in [0.15, 0.2) is 0 Å². The number of hydrogen-bond acceptors (Lipinski definition) is 2. The molecule has 0 aliphatic carbocycles. The molecule has 1 aliphatic rings. The van der Waals surface area contributed by atoms with Crippen LogP contribution >= 0.6 is 0 Å². The molecule has 1 N–H and O–H groups in total. The predicted octanol–water partition coefficient (Wildman–Crippen LogP) is 3.13. The third-order valence-electron chi connectivity index (χ3n) is 4.29. The third-order valence-corrected chi connectivity index (χ3v) is 4.29. The minimum Gasteiger partial charge on any atom is -0.314 e. The molecule has 2 atom stereocenters. The molecule has 1 fully saturated rings. The number of piperazine rings is 1. The molecule has 0 amide bonds. The number of benzene rings is 1. The molecule has 0 spiro atoms. The van der Waals surface area contributed by atoms with Crippen LogP contribution in [-0.2, 0) is 0 Å². The lowest BCUT2D eigenvalue weighted by molar-refractivity contribution is 0.128. The van der Waals surface area contributed by atoms with Gasteiger partial charge < -0.3 is 5.32 Å². The van der Waals surface area contributed by atoms with Crippen molar-refractivity contribution in [1.82, 2.24) is 10.2 Å². The van der Waals surface area contributed by atoms with Crippen LogP contribution in [0.15, 0.2) is 18.2 Å². The summed E-state index contributed by atoms with van der Waals surface area (Å²) in [5, 5.41) is 3.39. The van der Waals surface area contributed by atoms with Gasteiger partial charge >= 0.3 is 0 Å². The second kappa shape index (κ2) is 6.49. The van der Waals surface area contributed by atoms with E-state index >= 15 is 0 Å². The van der Waals surface area contributed by atoms with Gasteiger partial charge in [-0.05, 0) is 36.1 Å². The molecule has 106 valence electrons. The standard InChI is InChI=1S/C16H25FN2/c1-4-12(2)16(19-9-7-18-8-10-19)15-11-14(17)6-5-13(15)3/h5-6,11-12,16,18H,4,7-10H2,1-3H3/t12?,16-/m1/s1. The highest BCUT2D eigenvalue weighted by molar-refractivity contribution is 5.30. The Morgan fingerprint density at radius 1 is 1.32 bits per heavy atom. The van der Waals surface area contributed by atoms with E-state index in [2.05, 4.69) is 31.0 Å². The number of nitrogens with zero attached hydrogens (tertiary/aromatic N) is 1. The normalized spacial score (nSPS) is 20.2. The molecular weight excluding hydrogens is 239 g/mol. The Hall–Kier alpha value is -0.930. The second-order valence-electron chi connectivity index (χ2n) is 5.62. The van der Waals surface area contributed by atoms with Crippen molar-refractivity contribution in [2.75, 3.05) is 26.2 Å². The first-order valence-electron chi connectivity index (χ1n) is 7.34. The summed E-state index contributed by atoms with van der Waals surface area (Å²) in [7, 11) is 0. The second-order valence-corrected chi connectivity index (χ2v) is 5.62. The molecule has 1 saturated heterocycles. The minimum atomic E-state index is -0.121. The Morgan fingerprint density at radius 3 is 2.63 bits per heavy atom. The van der Waals surface area contributed by atoms with E-state index in [9.17, 15) is 4.39 Å². The van der Waals surface area contributed by atoms with Crippen LogP contribution in [-0.4, -0.2) is 31.1 Å². The van der Waals surface area contributed by atoms with Crippen LogP contribution < -0.4 is 5.32 Å². The summed E-state index contributed by atoms with van der Waals surface area (Å²) in [6.45, 7) is 10.7. The van der Waals surface area contributed by atoms with Crippen LogP contribution in [0, 0.1) is 18.7 Å². The molecule has 19 heavy (non-hydrogen) atoms. The maximum absolute atomic E-state index is 13.6. The van der Waals surface area contributed by atoms with Gasteiger partial charge in [0.1, 0.15) is 5.82 Å². The fraction of sp³-hybridized carbons (Fsp3) is 0.625. The Bertz CT molecular complexity index is 413. The van der Waals surface area contributed by atoms with Gasteiger partial charge in [-0.25, -0.2) is 4.39 Å². The van der Waals surface area contributed by atoms with Crippen LogP contribution in [0.25, 0.3) is 0 Å². The number of hydrogen-bond donors (Lipinski definition) is 1. The monoisotopic (exact) mass is 264 g/mol. The predicted molar refractivity (Wildman–Crippen MR) is 77.8 cm³/mol. The van der Waals surface area contributed by atoms with Crippen LogP contribution in [0.3, 0.4) is 0 Å². The highest BCUT2D eigenvalue weighted by Crippen LogP contribution is 2.33. The van der Waals surface area contributed by atoms with Gasteiger partial charge in [-0.1, -0.05) is 26.3 Å². The van der Waals surface area contributed by atoms with E-state index in [4.69, 9.17) is 0 Å². The van der Waals surface area contributed by atoms with Gasteiger partial charge in [0.05, 0.1) is 0 Å². The molecule has 1 aromatic carbocycles. The average molecular weight is 264 g/mol. The van der Waals surface area contributed by atoms with Gasteiger partial charge in [0, 0.05) is 32.2 Å². The molecule has 0 radical (unpaired) electrons. The number of rotatable bonds is 4. The maximum atomic E-state index is 13.6. The average Bonchev–Trinajstić information content (AvgIpc) is 2.44. The van der Waals surface area contributed by atoms with Gasteiger partial charge in [0.25, 0.3) is 0 Å². The molecule has 2 nitrogen and oxygen atoms in total. The fourth-order valence-corrected chi connectivity index (χ4v) is 2.98. The molecule has 3 heteroatoms. The smallest absolute Gasteiger partial charge is 0.123 e. The number of nitrogens with one attached hydrogen (secondary N) is 1. The van der Waals surface area contributed by atoms with E-state index in [1.54, 1.807) is 12.1 Å². The fourth-order valence-electron chi connectivity index (χ4n) is 2.98. The van der Waals surface area contributed by atoms with Crippen molar-refractivity contribution in [2.45, 2.75) is 33.2 Å². The molecule has 1 aliphatic heterocycles. The molecule has 1 unspecified atom stereocenters. The van der Waals surface area contributed by atoms with E-state index < -0.39 is 0 Å². The highest BCUT2D eigenvalue weighted by Gasteiger charge is 2.27. The summed E-state index contributed by atoms with van der Waals surface area (Å²) >= 11 is 0. The quantitative estimate of drug-likeness (QED) is 0.899. The van der Waals surface area contributed by atoms with Crippen LogP contribution in [0.1, 0.15) is 37.4 Å². The van der Waals surface area contributed by atoms with Crippen LogP contribution in [0.2, 0.25) is 0 Å². The molecule has 0 aromatic heterocycles. The third kappa shape index (κ3) is 3.34. The summed E-state index contributed by atoms with van der Waals surface area (Å²) < 4.78 is 13.6. The molecule has 1 aromatic rings. The molecular formula is C16H25FN2. The minimum absolute atomic E-state index is 0.121. The topological polar surface area (TPSA) is 15.3 Å². The van der Waals surface area contributed by atoms with E-state index in [-0.39, 0.29) is 5.82 Å². The summed E-state index contributed by atoms with van der Waals surface area (Å²) in [4.78, 5) is 2.51. The van der Waals surface area contributed by atoms with E-state index in [1.807, 2.05) is 6.07 Å². The lowest BCUT2D eigenvalue weighted by Crippen LogP contribution is -2.46. The highest BCUT2D eigenvalue weighted by atomic mass is 19.1. The van der Waals surface area contributed by atoms with Gasteiger partial charge in [-0.15, -0.1) is 0 Å². The SMILES string of the molecule is CCC(C)[C@H](c1cc(F)ccc1C)N1CCNCC1. The summed E-state index contributed by atoms with van der Waals surface area (Å²) in [5.41, 5.74) is 2.36. The summed E-state index contributed by atoms with van der Waals surface area (Å²) in [6.07, 6.45) is 1.12. The first kappa shape index (κ1) is 14.5. The van der Waals surface area contributed by atoms with Crippen molar-refractivity contribution in [3.8, 4) is 0 Å². The van der Waals surface area contributed by atoms with Crippen molar-refractivity contribution in [3.05, 3.63) is 35.1 Å². The zero-order valence-corrected chi connectivity index (χ0v) is 12.2. The van der Waals surface area contributed by atoms with E-state index in [1.165, 1.54) is 5.56 Å².